The van der Waals surface area contributed by atoms with Crippen LogP contribution in [0.2, 0.25) is 0 Å². The molecule has 132 valence electrons. The van der Waals surface area contributed by atoms with Crippen molar-refractivity contribution in [3.8, 4) is 0 Å². The molecule has 3 aromatic rings. The van der Waals surface area contributed by atoms with Gasteiger partial charge in [-0.05, 0) is 24.8 Å². The van der Waals surface area contributed by atoms with Gasteiger partial charge >= 0.3 is 5.69 Å². The zero-order chi connectivity index (χ0) is 17.7. The zero-order valence-electron chi connectivity index (χ0n) is 14.3. The van der Waals surface area contributed by atoms with Crippen LogP contribution in [0.15, 0.2) is 47.7 Å². The van der Waals surface area contributed by atoms with Gasteiger partial charge in [0.15, 0.2) is 5.65 Å². The number of aromatic nitrogens is 4. The van der Waals surface area contributed by atoms with Crippen molar-refractivity contribution in [3.63, 3.8) is 0 Å². The van der Waals surface area contributed by atoms with Crippen LogP contribution in [-0.2, 0) is 10.2 Å². The molecule has 0 bridgehead atoms. The van der Waals surface area contributed by atoms with Crippen molar-refractivity contribution < 1.29 is 4.79 Å². The van der Waals surface area contributed by atoms with Crippen LogP contribution in [0.1, 0.15) is 30.9 Å². The van der Waals surface area contributed by atoms with Crippen molar-refractivity contribution >= 4 is 17.1 Å². The molecule has 26 heavy (non-hydrogen) atoms. The van der Waals surface area contributed by atoms with Crippen LogP contribution in [0.5, 0.6) is 0 Å². The molecule has 1 aromatic carbocycles. The fourth-order valence-electron chi connectivity index (χ4n) is 4.16. The van der Waals surface area contributed by atoms with Gasteiger partial charge in [0.1, 0.15) is 11.8 Å². The number of hydrogen-bond acceptors (Lipinski definition) is 4. The largest absolute Gasteiger partial charge is 0.340 e. The fraction of sp³-hybridized carbons (Fsp3) is 0.368. The van der Waals surface area contributed by atoms with Crippen LogP contribution in [-0.4, -0.2) is 43.4 Å². The third-order valence-electron chi connectivity index (χ3n) is 5.68. The van der Waals surface area contributed by atoms with E-state index in [1.807, 2.05) is 35.2 Å². The first-order valence-corrected chi connectivity index (χ1v) is 8.94. The summed E-state index contributed by atoms with van der Waals surface area (Å²) in [5.41, 5.74) is 1.79. The molecule has 1 amide bonds. The Bertz CT molecular complexity index is 1030. The maximum Gasteiger partial charge on any atom is 0.328 e. The van der Waals surface area contributed by atoms with Crippen LogP contribution in [0.25, 0.3) is 11.2 Å². The van der Waals surface area contributed by atoms with Gasteiger partial charge in [-0.15, -0.1) is 0 Å². The molecular formula is C19H19N5O2. The number of fused-ring (bicyclic) bond motifs is 1. The van der Waals surface area contributed by atoms with Crippen molar-refractivity contribution in [1.29, 1.82) is 0 Å². The maximum atomic E-state index is 13.2. The van der Waals surface area contributed by atoms with E-state index in [1.165, 1.54) is 6.33 Å². The Morgan fingerprint density at radius 3 is 2.81 bits per heavy atom. The number of aromatic amines is 1. The van der Waals surface area contributed by atoms with Crippen LogP contribution >= 0.6 is 0 Å². The molecule has 2 fully saturated rings. The van der Waals surface area contributed by atoms with E-state index in [4.69, 9.17) is 0 Å². The van der Waals surface area contributed by atoms with Gasteiger partial charge in [-0.3, -0.25) is 9.36 Å². The van der Waals surface area contributed by atoms with E-state index in [1.54, 1.807) is 10.8 Å². The summed E-state index contributed by atoms with van der Waals surface area (Å²) in [4.78, 5) is 38.5. The van der Waals surface area contributed by atoms with Gasteiger partial charge in [-0.25, -0.2) is 14.8 Å². The lowest BCUT2D eigenvalue weighted by Crippen LogP contribution is -2.38. The van der Waals surface area contributed by atoms with Crippen LogP contribution in [0, 0.1) is 0 Å². The number of H-pyrrole nitrogens is 1. The highest BCUT2D eigenvalue weighted by Crippen LogP contribution is 2.50. The highest BCUT2D eigenvalue weighted by Gasteiger charge is 2.53. The number of benzene rings is 1. The average Bonchev–Trinajstić information content (AvgIpc) is 3.22. The molecular weight excluding hydrogens is 330 g/mol. The second kappa shape index (κ2) is 5.52. The number of imidazole rings is 1. The molecule has 7 nitrogen and oxygen atoms in total. The zero-order valence-corrected chi connectivity index (χ0v) is 14.3. The van der Waals surface area contributed by atoms with Gasteiger partial charge in [0, 0.05) is 13.1 Å². The first-order chi connectivity index (χ1) is 12.7. The standard InChI is InChI=1S/C19H19N5O2/c25-17(19(7-8-19)13-4-2-1-3-5-13)23-9-6-14(11-23)24-16-15(22-18(24)26)10-20-12-21-16/h1-5,10,12,14H,6-9,11H2,(H,22,26). The minimum Gasteiger partial charge on any atom is -0.340 e. The second-order valence-electron chi connectivity index (χ2n) is 7.20. The number of nitrogens with one attached hydrogen (secondary N) is 1. The van der Waals surface area contributed by atoms with Gasteiger partial charge in [-0.2, -0.15) is 0 Å². The van der Waals surface area contributed by atoms with Crippen LogP contribution in [0.4, 0.5) is 0 Å². The van der Waals surface area contributed by atoms with Crippen molar-refractivity contribution in [2.75, 3.05) is 13.1 Å². The van der Waals surface area contributed by atoms with E-state index < -0.39 is 0 Å². The lowest BCUT2D eigenvalue weighted by Gasteiger charge is -2.23. The molecule has 1 atom stereocenters. The Hall–Kier alpha value is -2.96. The lowest BCUT2D eigenvalue weighted by atomic mass is 9.94. The summed E-state index contributed by atoms with van der Waals surface area (Å²) in [7, 11) is 0. The number of carbonyl (C=O) groups excluding carboxylic acids is 1. The number of carbonyl (C=O) groups is 1. The summed E-state index contributed by atoms with van der Waals surface area (Å²) in [5, 5.41) is 0. The third-order valence-corrected chi connectivity index (χ3v) is 5.68. The first kappa shape index (κ1) is 15.3. The molecule has 2 aliphatic rings. The van der Waals surface area contributed by atoms with Gasteiger partial charge in [0.25, 0.3) is 0 Å². The van der Waals surface area contributed by atoms with Crippen molar-refractivity contribution in [2.45, 2.75) is 30.7 Å². The molecule has 1 aliphatic heterocycles. The summed E-state index contributed by atoms with van der Waals surface area (Å²) >= 11 is 0. The smallest absolute Gasteiger partial charge is 0.328 e. The molecule has 2 aromatic heterocycles. The fourth-order valence-corrected chi connectivity index (χ4v) is 4.16. The van der Waals surface area contributed by atoms with Gasteiger partial charge < -0.3 is 9.88 Å². The predicted octanol–water partition coefficient (Wildman–Crippen LogP) is 1.62. The van der Waals surface area contributed by atoms with Crippen molar-refractivity contribution in [3.05, 3.63) is 58.9 Å². The van der Waals surface area contributed by atoms with E-state index in [-0.39, 0.29) is 23.1 Å². The maximum absolute atomic E-state index is 13.2. The van der Waals surface area contributed by atoms with Crippen LogP contribution < -0.4 is 5.69 Å². The molecule has 7 heteroatoms. The van der Waals surface area contributed by atoms with Crippen molar-refractivity contribution in [2.24, 2.45) is 0 Å². The SMILES string of the molecule is O=C(N1CCC(n2c(=O)[nH]c3cncnc32)C1)C1(c2ccccc2)CC1. The number of likely N-dealkylation sites (tertiary alicyclic amines) is 1. The molecule has 1 saturated heterocycles. The highest BCUT2D eigenvalue weighted by molar-refractivity contribution is 5.91. The Kier molecular flexibility index (Phi) is 3.25. The minimum absolute atomic E-state index is 0.0540. The number of amides is 1. The minimum atomic E-state index is -0.358. The Balaban J connectivity index is 1.42. The van der Waals surface area contributed by atoms with Crippen molar-refractivity contribution in [1.82, 2.24) is 24.4 Å². The second-order valence-corrected chi connectivity index (χ2v) is 7.20. The Morgan fingerprint density at radius 1 is 1.23 bits per heavy atom. The van der Waals surface area contributed by atoms with E-state index in [0.717, 1.165) is 24.8 Å². The molecule has 0 radical (unpaired) electrons. The van der Waals surface area contributed by atoms with E-state index >= 15 is 0 Å². The molecule has 3 heterocycles. The van der Waals surface area contributed by atoms with E-state index in [0.29, 0.717) is 24.3 Å². The normalized spacial score (nSPS) is 21.2. The number of hydrogen-bond donors (Lipinski definition) is 1. The number of nitrogens with zero attached hydrogens (tertiary/aromatic N) is 4. The monoisotopic (exact) mass is 349 g/mol. The summed E-state index contributed by atoms with van der Waals surface area (Å²) in [6, 6.07) is 9.98. The Morgan fingerprint density at radius 2 is 2.04 bits per heavy atom. The first-order valence-electron chi connectivity index (χ1n) is 8.94. The topological polar surface area (TPSA) is 83.9 Å². The van der Waals surface area contributed by atoms with E-state index in [2.05, 4.69) is 15.0 Å². The summed E-state index contributed by atoms with van der Waals surface area (Å²) in [5.74, 6) is 0.189. The Labute approximate surface area is 149 Å². The van der Waals surface area contributed by atoms with Crippen LogP contribution in [0.3, 0.4) is 0 Å². The number of rotatable bonds is 3. The van der Waals surface area contributed by atoms with E-state index in [9.17, 15) is 9.59 Å². The predicted molar refractivity (Wildman–Crippen MR) is 95.7 cm³/mol. The summed E-state index contributed by atoms with van der Waals surface area (Å²) < 4.78 is 1.67. The van der Waals surface area contributed by atoms with Gasteiger partial charge in [-0.1, -0.05) is 30.3 Å². The lowest BCUT2D eigenvalue weighted by molar-refractivity contribution is -0.133. The van der Waals surface area contributed by atoms with Gasteiger partial charge in [0.2, 0.25) is 5.91 Å². The molecule has 1 saturated carbocycles. The summed E-state index contributed by atoms with van der Waals surface area (Å²) in [6.07, 6.45) is 5.60. The van der Waals surface area contributed by atoms with Gasteiger partial charge in [0.05, 0.1) is 17.7 Å². The average molecular weight is 349 g/mol. The quantitative estimate of drug-likeness (QED) is 0.779. The molecule has 1 aliphatic carbocycles. The molecule has 0 spiro atoms. The third kappa shape index (κ3) is 2.20. The highest BCUT2D eigenvalue weighted by atomic mass is 16.2. The molecule has 1 unspecified atom stereocenters. The summed E-state index contributed by atoms with van der Waals surface area (Å²) in [6.45, 7) is 1.21. The molecule has 5 rings (SSSR count). The molecule has 1 N–H and O–H groups in total.